The van der Waals surface area contributed by atoms with Crippen molar-refractivity contribution in [1.82, 2.24) is 24.6 Å². The number of aromatic amines is 1. The summed E-state index contributed by atoms with van der Waals surface area (Å²) in [5.41, 5.74) is 3.45. The third-order valence-corrected chi connectivity index (χ3v) is 5.27. The first kappa shape index (κ1) is 16.3. The number of imidazole rings is 1. The quantitative estimate of drug-likeness (QED) is 0.892. The lowest BCUT2D eigenvalue weighted by atomic mass is 10.0. The highest BCUT2D eigenvalue weighted by Crippen LogP contribution is 2.32. The molecular weight excluding hydrogens is 316 g/mol. The summed E-state index contributed by atoms with van der Waals surface area (Å²) in [6.45, 7) is 3.25. The molecule has 0 saturated carbocycles. The van der Waals surface area contributed by atoms with E-state index in [4.69, 9.17) is 4.98 Å². The third kappa shape index (κ3) is 3.33. The lowest BCUT2D eigenvalue weighted by Crippen LogP contribution is -2.33. The van der Waals surface area contributed by atoms with E-state index in [9.17, 15) is 4.79 Å². The van der Waals surface area contributed by atoms with Gasteiger partial charge in [0.25, 0.3) is 0 Å². The van der Waals surface area contributed by atoms with Crippen LogP contribution in [0.4, 0.5) is 5.82 Å². The van der Waals surface area contributed by atoms with Crippen molar-refractivity contribution in [3.05, 3.63) is 29.0 Å². The molecule has 0 spiro atoms. The molecule has 0 aromatic carbocycles. The Bertz CT molecular complexity index is 753. The molecule has 2 aromatic heterocycles. The SMILES string of the molecule is Cc1cc(NC(=O)CN2CCC[C@@H]2c2nc3c([nH]2)CCCC3)n(C)n1. The zero-order chi connectivity index (χ0) is 17.4. The van der Waals surface area contributed by atoms with Gasteiger partial charge in [-0.15, -0.1) is 0 Å². The Kier molecular flexibility index (Phi) is 4.33. The summed E-state index contributed by atoms with van der Waals surface area (Å²) < 4.78 is 1.70. The van der Waals surface area contributed by atoms with Gasteiger partial charge in [0.15, 0.2) is 0 Å². The van der Waals surface area contributed by atoms with Gasteiger partial charge in [-0.1, -0.05) is 0 Å². The molecule has 0 unspecified atom stereocenters. The van der Waals surface area contributed by atoms with Crippen LogP contribution >= 0.6 is 0 Å². The lowest BCUT2D eigenvalue weighted by molar-refractivity contribution is -0.117. The summed E-state index contributed by atoms with van der Waals surface area (Å²) in [5, 5.41) is 7.24. The van der Waals surface area contributed by atoms with Gasteiger partial charge in [0.1, 0.15) is 11.6 Å². The molecule has 1 fully saturated rings. The fourth-order valence-corrected chi connectivity index (χ4v) is 4.05. The number of aryl methyl sites for hydroxylation is 4. The number of fused-ring (bicyclic) bond motifs is 1. The maximum absolute atomic E-state index is 12.5. The smallest absolute Gasteiger partial charge is 0.239 e. The fraction of sp³-hybridized carbons (Fsp3) is 0.611. The topological polar surface area (TPSA) is 78.8 Å². The van der Waals surface area contributed by atoms with Crippen molar-refractivity contribution in [3.8, 4) is 0 Å². The molecule has 25 heavy (non-hydrogen) atoms. The lowest BCUT2D eigenvalue weighted by Gasteiger charge is -2.22. The normalized spacial score (nSPS) is 20.6. The monoisotopic (exact) mass is 342 g/mol. The van der Waals surface area contributed by atoms with Crippen LogP contribution in [-0.2, 0) is 24.7 Å². The summed E-state index contributed by atoms with van der Waals surface area (Å²) in [6, 6.07) is 2.12. The molecular formula is C18H26N6O. The van der Waals surface area contributed by atoms with Gasteiger partial charge >= 0.3 is 0 Å². The van der Waals surface area contributed by atoms with Gasteiger partial charge in [0.05, 0.1) is 24.0 Å². The summed E-state index contributed by atoms with van der Waals surface area (Å²) in [5.74, 6) is 1.80. The first-order chi connectivity index (χ1) is 12.1. The molecule has 2 N–H and O–H groups in total. The molecule has 0 bridgehead atoms. The van der Waals surface area contributed by atoms with Crippen LogP contribution in [0.25, 0.3) is 0 Å². The molecule has 1 saturated heterocycles. The molecule has 134 valence electrons. The molecule has 2 aromatic rings. The van der Waals surface area contributed by atoms with Gasteiger partial charge in [0.2, 0.25) is 5.91 Å². The molecule has 3 heterocycles. The number of rotatable bonds is 4. The second-order valence-electron chi connectivity index (χ2n) is 7.23. The summed E-state index contributed by atoms with van der Waals surface area (Å²) in [6.07, 6.45) is 6.83. The van der Waals surface area contributed by atoms with Gasteiger partial charge in [-0.05, 0) is 52.0 Å². The number of aromatic nitrogens is 4. The molecule has 2 aliphatic rings. The van der Waals surface area contributed by atoms with Gasteiger partial charge in [0, 0.05) is 18.8 Å². The number of hydrogen-bond acceptors (Lipinski definition) is 4. The minimum atomic E-state index is 0.00576. The van der Waals surface area contributed by atoms with Crippen LogP contribution in [0.3, 0.4) is 0 Å². The van der Waals surface area contributed by atoms with Crippen LogP contribution in [0, 0.1) is 6.92 Å². The van der Waals surface area contributed by atoms with Crippen molar-refractivity contribution in [2.45, 2.75) is 51.5 Å². The van der Waals surface area contributed by atoms with Crippen LogP contribution < -0.4 is 5.32 Å². The van der Waals surface area contributed by atoms with Crippen LogP contribution in [0.5, 0.6) is 0 Å². The molecule has 4 rings (SSSR count). The number of nitrogens with zero attached hydrogens (tertiary/aromatic N) is 4. The van der Waals surface area contributed by atoms with Gasteiger partial charge in [-0.2, -0.15) is 5.10 Å². The predicted molar refractivity (Wildman–Crippen MR) is 95.4 cm³/mol. The van der Waals surface area contributed by atoms with Gasteiger partial charge < -0.3 is 10.3 Å². The van der Waals surface area contributed by atoms with Crippen molar-refractivity contribution >= 4 is 11.7 Å². The van der Waals surface area contributed by atoms with E-state index in [0.717, 1.165) is 49.6 Å². The predicted octanol–water partition coefficient (Wildman–Crippen LogP) is 2.11. The standard InChI is InChI=1S/C18H26N6O/c1-12-10-16(23(2)22-12)21-17(25)11-24-9-5-8-15(24)18-19-13-6-3-4-7-14(13)20-18/h10,15H,3-9,11H2,1-2H3,(H,19,20)(H,21,25)/t15-/m1/s1. The highest BCUT2D eigenvalue weighted by molar-refractivity contribution is 5.91. The van der Waals surface area contributed by atoms with Crippen molar-refractivity contribution in [1.29, 1.82) is 0 Å². The fourth-order valence-electron chi connectivity index (χ4n) is 4.05. The highest BCUT2D eigenvalue weighted by Gasteiger charge is 2.31. The van der Waals surface area contributed by atoms with E-state index in [2.05, 4.69) is 20.3 Å². The number of likely N-dealkylation sites (tertiary alicyclic amines) is 1. The van der Waals surface area contributed by atoms with E-state index in [1.807, 2.05) is 20.0 Å². The zero-order valence-electron chi connectivity index (χ0n) is 15.0. The number of carbonyl (C=O) groups excluding carboxylic acids is 1. The third-order valence-electron chi connectivity index (χ3n) is 5.27. The number of amides is 1. The Balaban J connectivity index is 1.43. The van der Waals surface area contributed by atoms with Gasteiger partial charge in [-0.3, -0.25) is 14.4 Å². The molecule has 1 aliphatic carbocycles. The van der Waals surface area contributed by atoms with Crippen molar-refractivity contribution in [2.24, 2.45) is 7.05 Å². The number of H-pyrrole nitrogens is 1. The molecule has 1 atom stereocenters. The minimum Gasteiger partial charge on any atom is -0.344 e. The van der Waals surface area contributed by atoms with Crippen molar-refractivity contribution < 1.29 is 4.79 Å². The van der Waals surface area contributed by atoms with E-state index in [1.165, 1.54) is 24.2 Å². The Labute approximate surface area is 147 Å². The Hall–Kier alpha value is -2.15. The van der Waals surface area contributed by atoms with Crippen LogP contribution in [-0.4, -0.2) is 43.6 Å². The zero-order valence-corrected chi connectivity index (χ0v) is 15.0. The van der Waals surface area contributed by atoms with E-state index in [0.29, 0.717) is 6.54 Å². The molecule has 7 heteroatoms. The maximum Gasteiger partial charge on any atom is 0.239 e. The summed E-state index contributed by atoms with van der Waals surface area (Å²) in [4.78, 5) is 23.1. The van der Waals surface area contributed by atoms with Gasteiger partial charge in [-0.25, -0.2) is 4.98 Å². The van der Waals surface area contributed by atoms with Crippen LogP contribution in [0.1, 0.15) is 54.6 Å². The second-order valence-corrected chi connectivity index (χ2v) is 7.23. The first-order valence-electron chi connectivity index (χ1n) is 9.22. The number of hydrogen-bond donors (Lipinski definition) is 2. The molecule has 7 nitrogen and oxygen atoms in total. The first-order valence-corrected chi connectivity index (χ1v) is 9.22. The van der Waals surface area contributed by atoms with E-state index in [1.54, 1.807) is 4.68 Å². The van der Waals surface area contributed by atoms with Crippen molar-refractivity contribution in [3.63, 3.8) is 0 Å². The number of nitrogens with one attached hydrogen (secondary N) is 2. The minimum absolute atomic E-state index is 0.00576. The molecule has 1 aliphatic heterocycles. The Morgan fingerprint density at radius 3 is 2.96 bits per heavy atom. The number of anilines is 1. The second kappa shape index (κ2) is 6.63. The summed E-state index contributed by atoms with van der Waals surface area (Å²) >= 11 is 0. The average Bonchev–Trinajstić information content (AvgIpc) is 3.26. The van der Waals surface area contributed by atoms with Crippen LogP contribution in [0.15, 0.2) is 6.07 Å². The van der Waals surface area contributed by atoms with E-state index in [-0.39, 0.29) is 11.9 Å². The molecule has 0 radical (unpaired) electrons. The number of carbonyl (C=O) groups is 1. The summed E-state index contributed by atoms with van der Waals surface area (Å²) in [7, 11) is 1.84. The highest BCUT2D eigenvalue weighted by atomic mass is 16.2. The Morgan fingerprint density at radius 2 is 2.20 bits per heavy atom. The largest absolute Gasteiger partial charge is 0.344 e. The van der Waals surface area contributed by atoms with E-state index < -0.39 is 0 Å². The maximum atomic E-state index is 12.5. The Morgan fingerprint density at radius 1 is 1.36 bits per heavy atom. The average molecular weight is 342 g/mol. The van der Waals surface area contributed by atoms with Crippen LogP contribution in [0.2, 0.25) is 0 Å². The van der Waals surface area contributed by atoms with Crippen molar-refractivity contribution in [2.75, 3.05) is 18.4 Å². The van der Waals surface area contributed by atoms with E-state index >= 15 is 0 Å². The molecule has 1 amide bonds.